The van der Waals surface area contributed by atoms with E-state index in [0.29, 0.717) is 5.95 Å². The minimum atomic E-state index is 0.676. The first-order valence-electron chi connectivity index (χ1n) is 15.5. The van der Waals surface area contributed by atoms with Crippen LogP contribution in [-0.2, 0) is 0 Å². The molecule has 3 heterocycles. The van der Waals surface area contributed by atoms with Crippen molar-refractivity contribution in [3.63, 3.8) is 0 Å². The molecule has 0 amide bonds. The summed E-state index contributed by atoms with van der Waals surface area (Å²) in [7, 11) is 0. The number of thiophene rings is 1. The number of hydrogen-bond donors (Lipinski definition) is 0. The molecule has 214 valence electrons. The van der Waals surface area contributed by atoms with Crippen LogP contribution in [0.25, 0.3) is 92.0 Å². The summed E-state index contributed by atoms with van der Waals surface area (Å²) < 4.78 is 4.86. The summed E-state index contributed by atoms with van der Waals surface area (Å²) in [4.78, 5) is 10.9. The normalized spacial score (nSPS) is 11.9. The van der Waals surface area contributed by atoms with Gasteiger partial charge in [-0.25, -0.2) is 9.97 Å². The molecule has 0 aliphatic heterocycles. The van der Waals surface area contributed by atoms with E-state index in [9.17, 15) is 0 Å². The molecule has 0 radical (unpaired) electrons. The average Bonchev–Trinajstić information content (AvgIpc) is 3.69. The van der Waals surface area contributed by atoms with E-state index in [0.717, 1.165) is 44.3 Å². The number of nitrogens with zero attached hydrogens (tertiary/aromatic N) is 3. The van der Waals surface area contributed by atoms with Crippen LogP contribution in [0, 0.1) is 0 Å². The van der Waals surface area contributed by atoms with E-state index in [4.69, 9.17) is 9.97 Å². The van der Waals surface area contributed by atoms with Gasteiger partial charge in [-0.05, 0) is 28.5 Å². The Morgan fingerprint density at radius 2 is 1.07 bits per heavy atom. The molecule has 46 heavy (non-hydrogen) atoms. The Kier molecular flexibility index (Phi) is 5.45. The Hall–Kier alpha value is -5.84. The summed E-state index contributed by atoms with van der Waals surface area (Å²) >= 11 is 1.86. The number of rotatable bonds is 3. The van der Waals surface area contributed by atoms with Gasteiger partial charge in [0.05, 0.1) is 26.9 Å². The highest BCUT2D eigenvalue weighted by molar-refractivity contribution is 7.27. The predicted molar refractivity (Wildman–Crippen MR) is 195 cm³/mol. The van der Waals surface area contributed by atoms with E-state index in [1.54, 1.807) is 0 Å². The Labute approximate surface area is 268 Å². The fourth-order valence-electron chi connectivity index (χ4n) is 7.24. The third kappa shape index (κ3) is 3.59. The monoisotopic (exact) mass is 603 g/mol. The molecule has 3 aromatic heterocycles. The van der Waals surface area contributed by atoms with E-state index >= 15 is 0 Å². The maximum atomic E-state index is 5.48. The zero-order valence-electron chi connectivity index (χ0n) is 24.7. The van der Waals surface area contributed by atoms with Crippen LogP contribution in [-0.4, -0.2) is 14.5 Å². The third-order valence-corrected chi connectivity index (χ3v) is 10.4. The molecule has 0 aliphatic rings. The molecule has 0 N–H and O–H groups in total. The first kappa shape index (κ1) is 25.5. The van der Waals surface area contributed by atoms with Crippen molar-refractivity contribution in [1.82, 2.24) is 14.5 Å². The smallest absolute Gasteiger partial charge is 0.235 e. The Bertz CT molecular complexity index is 2790. The van der Waals surface area contributed by atoms with Gasteiger partial charge >= 0.3 is 0 Å². The van der Waals surface area contributed by atoms with Gasteiger partial charge in [0.1, 0.15) is 0 Å². The van der Waals surface area contributed by atoms with Crippen LogP contribution < -0.4 is 0 Å². The molecule has 0 bridgehead atoms. The van der Waals surface area contributed by atoms with Gasteiger partial charge < -0.3 is 0 Å². The highest BCUT2D eigenvalue weighted by atomic mass is 32.1. The Morgan fingerprint density at radius 3 is 1.85 bits per heavy atom. The molecule has 0 atom stereocenters. The van der Waals surface area contributed by atoms with E-state index in [1.807, 2.05) is 11.3 Å². The van der Waals surface area contributed by atoms with Gasteiger partial charge in [0.25, 0.3) is 0 Å². The van der Waals surface area contributed by atoms with Crippen molar-refractivity contribution in [2.45, 2.75) is 0 Å². The van der Waals surface area contributed by atoms with Gasteiger partial charge in [0.15, 0.2) is 0 Å². The van der Waals surface area contributed by atoms with Gasteiger partial charge in [-0.3, -0.25) is 4.57 Å². The molecule has 0 saturated heterocycles. The standard InChI is InChI=1S/C42H25N3S/c1-3-14-26(15-4-1)28-22-13-23-33-38(27-16-5-2-6-17-27)43-42(44-39(28)33)45-34-24-11-9-20-31(34)36-29-18-7-8-19-30(29)37-32-21-10-12-25-35(32)46-41(37)40(36)45/h1-25H. The molecular formula is C42H25N3S. The van der Waals surface area contributed by atoms with Crippen molar-refractivity contribution in [2.75, 3.05) is 0 Å². The van der Waals surface area contributed by atoms with Crippen LogP contribution in [0.15, 0.2) is 152 Å². The van der Waals surface area contributed by atoms with Crippen LogP contribution in [0.1, 0.15) is 0 Å². The van der Waals surface area contributed by atoms with Crippen molar-refractivity contribution < 1.29 is 0 Å². The first-order chi connectivity index (χ1) is 22.8. The van der Waals surface area contributed by atoms with Crippen molar-refractivity contribution in [1.29, 1.82) is 0 Å². The van der Waals surface area contributed by atoms with Gasteiger partial charge in [-0.15, -0.1) is 11.3 Å². The lowest BCUT2D eigenvalue weighted by atomic mass is 9.99. The second-order valence-electron chi connectivity index (χ2n) is 11.7. The van der Waals surface area contributed by atoms with Crippen molar-refractivity contribution in [3.8, 4) is 28.3 Å². The van der Waals surface area contributed by atoms with E-state index in [-0.39, 0.29) is 0 Å². The van der Waals surface area contributed by atoms with Gasteiger partial charge in [0.2, 0.25) is 5.95 Å². The van der Waals surface area contributed by atoms with Crippen molar-refractivity contribution in [2.24, 2.45) is 0 Å². The molecular weight excluding hydrogens is 579 g/mol. The highest BCUT2D eigenvalue weighted by Crippen LogP contribution is 2.47. The summed E-state index contributed by atoms with van der Waals surface area (Å²) in [6.45, 7) is 0. The molecule has 10 rings (SSSR count). The minimum absolute atomic E-state index is 0.676. The summed E-state index contributed by atoms with van der Waals surface area (Å²) in [5, 5.41) is 8.59. The van der Waals surface area contributed by atoms with Crippen molar-refractivity contribution in [3.05, 3.63) is 152 Å². The van der Waals surface area contributed by atoms with Crippen molar-refractivity contribution >= 4 is 75.0 Å². The zero-order valence-corrected chi connectivity index (χ0v) is 25.5. The number of para-hydroxylation sites is 2. The van der Waals surface area contributed by atoms with E-state index < -0.39 is 0 Å². The Balaban J connectivity index is 1.44. The highest BCUT2D eigenvalue weighted by Gasteiger charge is 2.24. The van der Waals surface area contributed by atoms with Crippen LogP contribution >= 0.6 is 11.3 Å². The first-order valence-corrected chi connectivity index (χ1v) is 16.3. The molecule has 0 spiro atoms. The maximum absolute atomic E-state index is 5.48. The molecule has 4 heteroatoms. The van der Waals surface area contributed by atoms with E-state index in [2.05, 4.69) is 156 Å². The minimum Gasteiger partial charge on any atom is -0.276 e. The molecule has 0 unspecified atom stereocenters. The number of hydrogen-bond acceptors (Lipinski definition) is 3. The lowest BCUT2D eigenvalue weighted by molar-refractivity contribution is 1.02. The van der Waals surface area contributed by atoms with Gasteiger partial charge in [-0.1, -0.05) is 140 Å². The molecule has 0 aliphatic carbocycles. The lowest BCUT2D eigenvalue weighted by Crippen LogP contribution is -2.04. The predicted octanol–water partition coefficient (Wildman–Crippen LogP) is 11.6. The SMILES string of the molecule is c1ccc(-c2nc(-n3c4ccccc4c4c5ccccc5c5c6ccccc6sc5c43)nc3c(-c4ccccc4)cccc23)cc1. The largest absolute Gasteiger partial charge is 0.276 e. The van der Waals surface area contributed by atoms with Crippen LogP contribution in [0.2, 0.25) is 0 Å². The number of benzene rings is 7. The number of aromatic nitrogens is 3. The quantitative estimate of drug-likeness (QED) is 0.201. The lowest BCUT2D eigenvalue weighted by Gasteiger charge is -2.14. The van der Waals surface area contributed by atoms with Gasteiger partial charge in [-0.2, -0.15) is 0 Å². The van der Waals surface area contributed by atoms with Crippen LogP contribution in [0.5, 0.6) is 0 Å². The second kappa shape index (κ2) is 9.83. The zero-order chi connectivity index (χ0) is 30.2. The molecule has 7 aromatic carbocycles. The van der Waals surface area contributed by atoms with Gasteiger partial charge in [0, 0.05) is 42.8 Å². The molecule has 3 nitrogen and oxygen atoms in total. The number of fused-ring (bicyclic) bond motifs is 11. The Morgan fingerprint density at radius 1 is 0.457 bits per heavy atom. The summed E-state index contributed by atoms with van der Waals surface area (Å²) in [6, 6.07) is 53.8. The third-order valence-electron chi connectivity index (χ3n) is 9.20. The fraction of sp³-hybridized carbons (Fsp3) is 0. The van der Waals surface area contributed by atoms with Crippen LogP contribution in [0.3, 0.4) is 0 Å². The topological polar surface area (TPSA) is 30.7 Å². The molecule has 10 aromatic rings. The average molecular weight is 604 g/mol. The fourth-order valence-corrected chi connectivity index (χ4v) is 8.50. The molecule has 0 fully saturated rings. The maximum Gasteiger partial charge on any atom is 0.235 e. The summed E-state index contributed by atoms with van der Waals surface area (Å²) in [6.07, 6.45) is 0. The van der Waals surface area contributed by atoms with E-state index in [1.165, 1.54) is 41.7 Å². The summed E-state index contributed by atoms with van der Waals surface area (Å²) in [5.74, 6) is 0.676. The summed E-state index contributed by atoms with van der Waals surface area (Å²) in [5.41, 5.74) is 7.43. The second-order valence-corrected chi connectivity index (χ2v) is 12.8. The van der Waals surface area contributed by atoms with Crippen LogP contribution in [0.4, 0.5) is 0 Å². The molecule has 0 saturated carbocycles.